The van der Waals surface area contributed by atoms with E-state index in [0.717, 1.165) is 22.0 Å². The molecule has 180 valence electrons. The van der Waals surface area contributed by atoms with E-state index in [1.165, 1.54) is 18.2 Å². The average molecular weight is 545 g/mol. The van der Waals surface area contributed by atoms with Crippen LogP contribution in [-0.4, -0.2) is 22.4 Å². The number of benzene rings is 3. The summed E-state index contributed by atoms with van der Waals surface area (Å²) >= 11 is 3.45. The summed E-state index contributed by atoms with van der Waals surface area (Å²) in [5.74, 6) is 0.124. The number of halogens is 1. The first kappa shape index (κ1) is 24.7. The molecule has 1 heterocycles. The van der Waals surface area contributed by atoms with Gasteiger partial charge in [-0.05, 0) is 75.4 Å². The number of nitrogens with zero attached hydrogens (tertiary/aromatic N) is 2. The van der Waals surface area contributed by atoms with Crippen LogP contribution in [-0.2, 0) is 17.8 Å². The van der Waals surface area contributed by atoms with Crippen LogP contribution in [0.3, 0.4) is 0 Å². The Hall–Kier alpha value is -4.42. The molecule has 0 saturated heterocycles. The number of non-ortho nitro benzene ring substituents is 1. The number of carbonyl (C=O) groups is 1. The van der Waals surface area contributed by atoms with Crippen molar-refractivity contribution in [3.63, 3.8) is 0 Å². The molecule has 0 aliphatic heterocycles. The molecule has 0 radical (unpaired) electrons. The number of nitrogens with one attached hydrogen (secondary N) is 2. The van der Waals surface area contributed by atoms with Gasteiger partial charge in [0.15, 0.2) is 0 Å². The van der Waals surface area contributed by atoms with Gasteiger partial charge < -0.3 is 15.0 Å². The Morgan fingerprint density at radius 1 is 1.17 bits per heavy atom. The first-order chi connectivity index (χ1) is 17.4. The molecule has 1 amide bonds. The van der Waals surface area contributed by atoms with Crippen LogP contribution >= 0.6 is 15.9 Å². The lowest BCUT2D eigenvalue weighted by Crippen LogP contribution is -2.26. The molecule has 0 bridgehead atoms. The topological polar surface area (TPSA) is 121 Å². The van der Waals surface area contributed by atoms with Gasteiger partial charge in [-0.3, -0.25) is 14.9 Å². The van der Waals surface area contributed by atoms with E-state index in [4.69, 9.17) is 4.74 Å². The van der Waals surface area contributed by atoms with Crippen LogP contribution in [0, 0.1) is 21.4 Å². The van der Waals surface area contributed by atoms with Crippen molar-refractivity contribution in [2.24, 2.45) is 0 Å². The molecule has 0 fully saturated rings. The highest BCUT2D eigenvalue weighted by Crippen LogP contribution is 2.28. The molecule has 0 atom stereocenters. The Morgan fingerprint density at radius 2 is 1.94 bits per heavy atom. The Balaban J connectivity index is 1.35. The van der Waals surface area contributed by atoms with Crippen molar-refractivity contribution in [3.8, 4) is 11.8 Å². The third-order valence-electron chi connectivity index (χ3n) is 5.53. The van der Waals surface area contributed by atoms with Gasteiger partial charge in [0, 0.05) is 35.8 Å². The number of aromatic nitrogens is 1. The molecular weight excluding hydrogens is 524 g/mol. The number of ether oxygens (including phenoxy) is 1. The Morgan fingerprint density at radius 3 is 2.67 bits per heavy atom. The highest BCUT2D eigenvalue weighted by atomic mass is 79.9. The molecule has 0 saturated carbocycles. The number of rotatable bonds is 9. The van der Waals surface area contributed by atoms with Crippen LogP contribution in [0.4, 0.5) is 5.69 Å². The number of H-pyrrole nitrogens is 1. The van der Waals surface area contributed by atoms with Crippen LogP contribution < -0.4 is 10.1 Å². The maximum Gasteiger partial charge on any atom is 0.269 e. The average Bonchev–Trinajstić information content (AvgIpc) is 3.30. The van der Waals surface area contributed by atoms with Gasteiger partial charge in [0.25, 0.3) is 11.6 Å². The van der Waals surface area contributed by atoms with E-state index in [1.54, 1.807) is 30.3 Å². The SMILES string of the molecule is N#C/C(=C\c1ccc(OCc2ccc([N+](=O)[O-])cc2)c(Br)c1)C(=O)NCCc1c[nH]c2ccccc12. The standard InChI is InChI=1S/C27H21BrN4O4/c28-24-14-19(7-10-26(24)36-17-18-5-8-22(9-6-18)32(34)35)13-21(15-29)27(33)30-12-11-20-16-31-25-4-2-1-3-23(20)25/h1-10,13-14,16,31H,11-12,17H2,(H,30,33)/b21-13+. The van der Waals surface area contributed by atoms with Gasteiger partial charge in [0.2, 0.25) is 0 Å². The zero-order chi connectivity index (χ0) is 25.5. The lowest BCUT2D eigenvalue weighted by atomic mass is 10.1. The van der Waals surface area contributed by atoms with Gasteiger partial charge in [-0.15, -0.1) is 0 Å². The predicted octanol–water partition coefficient (Wildman–Crippen LogP) is 5.68. The number of para-hydroxylation sites is 1. The molecular formula is C27H21BrN4O4. The smallest absolute Gasteiger partial charge is 0.269 e. The molecule has 36 heavy (non-hydrogen) atoms. The first-order valence-electron chi connectivity index (χ1n) is 11.1. The van der Waals surface area contributed by atoms with E-state index in [-0.39, 0.29) is 17.9 Å². The highest BCUT2D eigenvalue weighted by Gasteiger charge is 2.11. The number of nitro benzene ring substituents is 1. The number of carbonyl (C=O) groups excluding carboxylic acids is 1. The maximum atomic E-state index is 12.6. The van der Waals surface area contributed by atoms with Gasteiger partial charge >= 0.3 is 0 Å². The van der Waals surface area contributed by atoms with Crippen molar-refractivity contribution in [3.05, 3.63) is 110 Å². The van der Waals surface area contributed by atoms with Gasteiger partial charge in [0.05, 0.1) is 9.40 Å². The van der Waals surface area contributed by atoms with E-state index >= 15 is 0 Å². The van der Waals surface area contributed by atoms with Crippen molar-refractivity contribution in [2.75, 3.05) is 6.54 Å². The molecule has 9 heteroatoms. The second kappa shape index (κ2) is 11.3. The summed E-state index contributed by atoms with van der Waals surface area (Å²) in [7, 11) is 0. The molecule has 4 aromatic rings. The number of nitriles is 1. The predicted molar refractivity (Wildman–Crippen MR) is 140 cm³/mol. The molecule has 1 aromatic heterocycles. The lowest BCUT2D eigenvalue weighted by Gasteiger charge is -2.09. The summed E-state index contributed by atoms with van der Waals surface area (Å²) < 4.78 is 6.44. The van der Waals surface area contributed by atoms with Crippen LogP contribution in [0.2, 0.25) is 0 Å². The minimum absolute atomic E-state index is 0.000347. The van der Waals surface area contributed by atoms with E-state index in [2.05, 4.69) is 26.2 Å². The van der Waals surface area contributed by atoms with Gasteiger partial charge in [-0.2, -0.15) is 5.26 Å². The van der Waals surface area contributed by atoms with E-state index in [0.29, 0.717) is 28.8 Å². The first-order valence-corrected chi connectivity index (χ1v) is 11.8. The summed E-state index contributed by atoms with van der Waals surface area (Å²) in [6.45, 7) is 0.632. The number of hydrogen-bond acceptors (Lipinski definition) is 5. The number of hydrogen-bond donors (Lipinski definition) is 2. The summed E-state index contributed by atoms with van der Waals surface area (Å²) in [4.78, 5) is 26.1. The van der Waals surface area contributed by atoms with Crippen molar-refractivity contribution < 1.29 is 14.5 Å². The minimum Gasteiger partial charge on any atom is -0.488 e. The number of nitro groups is 1. The molecule has 4 rings (SSSR count). The van der Waals surface area contributed by atoms with Gasteiger partial charge in [0.1, 0.15) is 24.0 Å². The van der Waals surface area contributed by atoms with Crippen molar-refractivity contribution in [1.29, 1.82) is 5.26 Å². The fraction of sp³-hybridized carbons (Fsp3) is 0.111. The monoisotopic (exact) mass is 544 g/mol. The molecule has 0 spiro atoms. The van der Waals surface area contributed by atoms with Crippen LogP contribution in [0.5, 0.6) is 5.75 Å². The fourth-order valence-electron chi connectivity index (χ4n) is 3.66. The molecule has 2 N–H and O–H groups in total. The van der Waals surface area contributed by atoms with Crippen LogP contribution in [0.1, 0.15) is 16.7 Å². The molecule has 0 unspecified atom stereocenters. The molecule has 0 aliphatic carbocycles. The normalized spacial score (nSPS) is 11.2. The largest absolute Gasteiger partial charge is 0.488 e. The summed E-state index contributed by atoms with van der Waals surface area (Å²) in [6.07, 6.45) is 4.09. The van der Waals surface area contributed by atoms with Crippen molar-refractivity contribution in [2.45, 2.75) is 13.0 Å². The third kappa shape index (κ3) is 5.98. The maximum absolute atomic E-state index is 12.6. The zero-order valence-corrected chi connectivity index (χ0v) is 20.6. The summed E-state index contributed by atoms with van der Waals surface area (Å²) in [5, 5.41) is 24.2. The van der Waals surface area contributed by atoms with Crippen molar-refractivity contribution >= 4 is 44.5 Å². The van der Waals surface area contributed by atoms with E-state index < -0.39 is 10.8 Å². The van der Waals surface area contributed by atoms with E-state index in [1.807, 2.05) is 36.5 Å². The zero-order valence-electron chi connectivity index (χ0n) is 19.0. The van der Waals surface area contributed by atoms with Gasteiger partial charge in [-0.1, -0.05) is 24.3 Å². The van der Waals surface area contributed by atoms with E-state index in [9.17, 15) is 20.2 Å². The fourth-order valence-corrected chi connectivity index (χ4v) is 4.17. The second-order valence-electron chi connectivity index (χ2n) is 7.94. The quantitative estimate of drug-likeness (QED) is 0.121. The second-order valence-corrected chi connectivity index (χ2v) is 8.79. The minimum atomic E-state index is -0.451. The summed E-state index contributed by atoms with van der Waals surface area (Å²) in [5.41, 5.74) is 3.61. The van der Waals surface area contributed by atoms with Crippen LogP contribution in [0.15, 0.2) is 83.0 Å². The molecule has 8 nitrogen and oxygen atoms in total. The molecule has 3 aromatic carbocycles. The van der Waals surface area contributed by atoms with Gasteiger partial charge in [-0.25, -0.2) is 0 Å². The number of aromatic amines is 1. The Labute approximate surface area is 215 Å². The third-order valence-corrected chi connectivity index (χ3v) is 6.15. The summed E-state index contributed by atoms with van der Waals surface area (Å²) in [6, 6.07) is 21.3. The Kier molecular flexibility index (Phi) is 7.78. The Bertz CT molecular complexity index is 1490. The number of fused-ring (bicyclic) bond motifs is 1. The lowest BCUT2D eigenvalue weighted by molar-refractivity contribution is -0.384. The number of amides is 1. The van der Waals surface area contributed by atoms with Crippen molar-refractivity contribution in [1.82, 2.24) is 10.3 Å². The molecule has 0 aliphatic rings. The van der Waals surface area contributed by atoms with Crippen LogP contribution in [0.25, 0.3) is 17.0 Å². The highest BCUT2D eigenvalue weighted by molar-refractivity contribution is 9.10.